The summed E-state index contributed by atoms with van der Waals surface area (Å²) in [6.45, 7) is 2.55. The lowest BCUT2D eigenvalue weighted by molar-refractivity contribution is 0.0958. The molecule has 2 amide bonds. The first kappa shape index (κ1) is 22.5. The summed E-state index contributed by atoms with van der Waals surface area (Å²) < 4.78 is 8.83. The second-order valence-corrected chi connectivity index (χ2v) is 8.99. The van der Waals surface area contributed by atoms with Crippen molar-refractivity contribution in [1.29, 1.82) is 0 Å². The van der Waals surface area contributed by atoms with Crippen molar-refractivity contribution in [2.45, 2.75) is 12.8 Å². The Hall–Kier alpha value is -5.00. The fraction of sp³-hybridized carbons (Fsp3) is 0.200. The quantitative estimate of drug-likeness (QED) is 0.375. The van der Waals surface area contributed by atoms with Crippen molar-refractivity contribution < 1.29 is 19.2 Å². The van der Waals surface area contributed by atoms with E-state index >= 15 is 0 Å². The number of amides is 2. The van der Waals surface area contributed by atoms with Gasteiger partial charge in [0.15, 0.2) is 0 Å². The van der Waals surface area contributed by atoms with E-state index in [9.17, 15) is 9.59 Å². The van der Waals surface area contributed by atoms with Crippen LogP contribution in [0.4, 0.5) is 10.5 Å². The summed E-state index contributed by atoms with van der Waals surface area (Å²) in [4.78, 5) is 34.3. The molecule has 5 heterocycles. The summed E-state index contributed by atoms with van der Waals surface area (Å²) in [5.74, 6) is 0.344. The number of imidazole rings is 1. The molecule has 1 aliphatic rings. The number of carbonyl (C=O) groups excluding carboxylic acids is 1. The maximum absolute atomic E-state index is 13.2. The first-order valence-corrected chi connectivity index (χ1v) is 11.6. The molecule has 12 heteroatoms. The smallest absolute Gasteiger partial charge is 0.407 e. The molecule has 6 rings (SSSR count). The Morgan fingerprint density at radius 2 is 1.95 bits per heavy atom. The normalized spacial score (nSPS) is 13.6. The Labute approximate surface area is 210 Å². The number of rotatable bonds is 5. The van der Waals surface area contributed by atoms with Gasteiger partial charge in [0.25, 0.3) is 5.91 Å². The van der Waals surface area contributed by atoms with Crippen molar-refractivity contribution in [2.24, 2.45) is 7.05 Å². The van der Waals surface area contributed by atoms with Crippen molar-refractivity contribution in [1.82, 2.24) is 34.2 Å². The first-order chi connectivity index (χ1) is 17.9. The van der Waals surface area contributed by atoms with Gasteiger partial charge < -0.3 is 19.8 Å². The largest absolute Gasteiger partial charge is 0.465 e. The molecule has 1 aromatic carbocycles. The molecule has 37 heavy (non-hydrogen) atoms. The van der Waals surface area contributed by atoms with Gasteiger partial charge in [-0.2, -0.15) is 10.1 Å². The number of hydrogen-bond acceptors (Lipinski definition) is 7. The van der Waals surface area contributed by atoms with Crippen molar-refractivity contribution in [2.75, 3.05) is 18.4 Å². The molecular weight excluding hydrogens is 476 g/mol. The molecule has 0 saturated carbocycles. The SMILES string of the molecule is Cc1ccc(-c2noc(C3CN(C(=O)O)C3)n2)cc1NC(=O)c1cnc2cc(-c3ccn(C)n3)ccn12. The molecule has 2 N–H and O–H groups in total. The number of anilines is 1. The monoisotopic (exact) mass is 498 g/mol. The molecule has 5 aromatic rings. The Bertz CT molecular complexity index is 1660. The molecule has 0 bridgehead atoms. The van der Waals surface area contributed by atoms with Crippen LogP contribution in [0.25, 0.3) is 28.3 Å². The van der Waals surface area contributed by atoms with Crippen LogP contribution in [0.1, 0.15) is 27.9 Å². The molecule has 0 spiro atoms. The number of pyridine rings is 1. The van der Waals surface area contributed by atoms with Gasteiger partial charge in [-0.25, -0.2) is 9.78 Å². The van der Waals surface area contributed by atoms with Crippen LogP contribution in [-0.4, -0.2) is 64.4 Å². The highest BCUT2D eigenvalue weighted by Crippen LogP contribution is 2.29. The summed E-state index contributed by atoms with van der Waals surface area (Å²) in [7, 11) is 1.86. The maximum Gasteiger partial charge on any atom is 0.407 e. The molecular formula is C25H22N8O4. The van der Waals surface area contributed by atoms with Gasteiger partial charge >= 0.3 is 6.09 Å². The third-order valence-corrected chi connectivity index (χ3v) is 6.44. The maximum atomic E-state index is 13.2. The summed E-state index contributed by atoms with van der Waals surface area (Å²) in [6.07, 6.45) is 4.25. The number of hydrogen-bond donors (Lipinski definition) is 2. The second kappa shape index (κ2) is 8.59. The highest BCUT2D eigenvalue weighted by atomic mass is 16.5. The summed E-state index contributed by atoms with van der Waals surface area (Å²) in [5.41, 5.74) is 4.90. The molecule has 0 unspecified atom stereocenters. The molecule has 0 atom stereocenters. The van der Waals surface area contributed by atoms with E-state index in [0.29, 0.717) is 47.4 Å². The minimum absolute atomic E-state index is 0.115. The van der Waals surface area contributed by atoms with Crippen LogP contribution in [0.3, 0.4) is 0 Å². The lowest BCUT2D eigenvalue weighted by Gasteiger charge is -2.34. The molecule has 1 aliphatic heterocycles. The van der Waals surface area contributed by atoms with Crippen LogP contribution >= 0.6 is 0 Å². The number of likely N-dealkylation sites (tertiary alicyclic amines) is 1. The van der Waals surface area contributed by atoms with E-state index in [1.165, 1.54) is 11.1 Å². The van der Waals surface area contributed by atoms with Gasteiger partial charge in [0.1, 0.15) is 11.3 Å². The van der Waals surface area contributed by atoms with Gasteiger partial charge in [-0.05, 0) is 36.8 Å². The molecule has 4 aromatic heterocycles. The van der Waals surface area contributed by atoms with E-state index in [1.54, 1.807) is 21.3 Å². The number of nitrogens with one attached hydrogen (secondary N) is 1. The summed E-state index contributed by atoms with van der Waals surface area (Å²) >= 11 is 0. The van der Waals surface area contributed by atoms with Crippen molar-refractivity contribution in [3.63, 3.8) is 0 Å². The number of aromatic nitrogens is 6. The van der Waals surface area contributed by atoms with E-state index in [-0.39, 0.29) is 11.8 Å². The van der Waals surface area contributed by atoms with E-state index in [1.807, 2.05) is 50.5 Å². The van der Waals surface area contributed by atoms with Crippen LogP contribution < -0.4 is 5.32 Å². The number of benzene rings is 1. The van der Waals surface area contributed by atoms with Gasteiger partial charge in [0.2, 0.25) is 11.7 Å². The first-order valence-electron chi connectivity index (χ1n) is 11.6. The third kappa shape index (κ3) is 4.07. The minimum Gasteiger partial charge on any atom is -0.465 e. The van der Waals surface area contributed by atoms with Crippen molar-refractivity contribution >= 4 is 23.3 Å². The van der Waals surface area contributed by atoms with Crippen LogP contribution in [-0.2, 0) is 7.05 Å². The zero-order valence-corrected chi connectivity index (χ0v) is 20.0. The highest BCUT2D eigenvalue weighted by Gasteiger charge is 2.35. The van der Waals surface area contributed by atoms with Gasteiger partial charge in [-0.15, -0.1) is 0 Å². The number of nitrogens with zero attached hydrogens (tertiary/aromatic N) is 7. The lowest BCUT2D eigenvalue weighted by Crippen LogP contribution is -2.47. The van der Waals surface area contributed by atoms with E-state index < -0.39 is 6.09 Å². The van der Waals surface area contributed by atoms with Crippen LogP contribution in [0.2, 0.25) is 0 Å². The van der Waals surface area contributed by atoms with Crippen molar-refractivity contribution in [3.8, 4) is 22.6 Å². The fourth-order valence-electron chi connectivity index (χ4n) is 4.27. The minimum atomic E-state index is -0.963. The number of fused-ring (bicyclic) bond motifs is 1. The Morgan fingerprint density at radius 3 is 2.70 bits per heavy atom. The summed E-state index contributed by atoms with van der Waals surface area (Å²) in [6, 6.07) is 11.2. The molecule has 186 valence electrons. The van der Waals surface area contributed by atoms with Gasteiger partial charge in [-0.3, -0.25) is 13.9 Å². The molecule has 1 saturated heterocycles. The Balaban J connectivity index is 1.21. The predicted molar refractivity (Wildman–Crippen MR) is 132 cm³/mol. The lowest BCUT2D eigenvalue weighted by atomic mass is 10.0. The Morgan fingerprint density at radius 1 is 1.11 bits per heavy atom. The second-order valence-electron chi connectivity index (χ2n) is 8.99. The van der Waals surface area contributed by atoms with Crippen LogP contribution in [0.5, 0.6) is 0 Å². The topological polar surface area (TPSA) is 144 Å². The fourth-order valence-corrected chi connectivity index (χ4v) is 4.27. The average molecular weight is 499 g/mol. The van der Waals surface area contributed by atoms with E-state index in [0.717, 1.165) is 16.8 Å². The zero-order chi connectivity index (χ0) is 25.7. The van der Waals surface area contributed by atoms with E-state index in [2.05, 4.69) is 25.5 Å². The molecule has 0 aliphatic carbocycles. The predicted octanol–water partition coefficient (Wildman–Crippen LogP) is 3.42. The zero-order valence-electron chi connectivity index (χ0n) is 20.0. The van der Waals surface area contributed by atoms with E-state index in [4.69, 9.17) is 9.63 Å². The Kier molecular flexibility index (Phi) is 5.21. The summed E-state index contributed by atoms with van der Waals surface area (Å²) in [5, 5.41) is 20.4. The van der Waals surface area contributed by atoms with Gasteiger partial charge in [0, 0.05) is 49.3 Å². The standard InChI is InChI=1S/C25H22N8O4/c1-14-3-4-16(22-28-24(37-30-22)17-12-32(13-17)25(35)36)9-19(14)27-23(34)20-11-26-21-10-15(5-8-33(20)21)18-6-7-31(2)29-18/h3-11,17H,12-13H2,1-2H3,(H,27,34)(H,35,36). The highest BCUT2D eigenvalue weighted by molar-refractivity contribution is 6.04. The van der Waals surface area contributed by atoms with Gasteiger partial charge in [-0.1, -0.05) is 17.3 Å². The molecule has 12 nitrogen and oxygen atoms in total. The average Bonchev–Trinajstić information content (AvgIpc) is 3.58. The van der Waals surface area contributed by atoms with Crippen LogP contribution in [0.15, 0.2) is 59.5 Å². The third-order valence-electron chi connectivity index (χ3n) is 6.44. The molecule has 1 fully saturated rings. The number of aryl methyl sites for hydroxylation is 2. The molecule has 0 radical (unpaired) electrons. The van der Waals surface area contributed by atoms with Crippen molar-refractivity contribution in [3.05, 3.63) is 72.1 Å². The van der Waals surface area contributed by atoms with Gasteiger partial charge in [0.05, 0.1) is 17.8 Å². The van der Waals surface area contributed by atoms with Crippen LogP contribution in [0, 0.1) is 6.92 Å². The number of carboxylic acid groups (broad SMARTS) is 1. The number of carbonyl (C=O) groups is 2.